The molecule has 1 N–H and O–H groups in total. The monoisotopic (exact) mass is 307 g/mol. The molecule has 2 atom stereocenters. The van der Waals surface area contributed by atoms with Crippen LogP contribution < -0.4 is 5.32 Å². The fourth-order valence-electron chi connectivity index (χ4n) is 4.21. The predicted molar refractivity (Wildman–Crippen MR) is 91.1 cm³/mol. The normalized spacial score (nSPS) is 27.0. The van der Waals surface area contributed by atoms with Gasteiger partial charge in [0.05, 0.1) is 0 Å². The molecule has 0 saturated heterocycles. The van der Waals surface area contributed by atoms with Gasteiger partial charge in [0, 0.05) is 23.4 Å². The lowest BCUT2D eigenvalue weighted by molar-refractivity contribution is -0.136. The molecule has 118 valence electrons. The van der Waals surface area contributed by atoms with Crippen LogP contribution in [0.1, 0.15) is 32.1 Å². The molecule has 2 fully saturated rings. The SMILES string of the molecule is O=C(Nc1ccc2ccccc2c1)C1CC2CCCC(C1)C2=O. The lowest BCUT2D eigenvalue weighted by atomic mass is 9.67. The first-order chi connectivity index (χ1) is 11.2. The fraction of sp³-hybridized carbons (Fsp3) is 0.400. The Kier molecular flexibility index (Phi) is 3.64. The molecule has 3 heteroatoms. The number of rotatable bonds is 2. The van der Waals surface area contributed by atoms with Gasteiger partial charge in [0.1, 0.15) is 5.78 Å². The number of carbonyl (C=O) groups is 2. The van der Waals surface area contributed by atoms with Crippen molar-refractivity contribution in [2.75, 3.05) is 5.32 Å². The smallest absolute Gasteiger partial charge is 0.227 e. The van der Waals surface area contributed by atoms with E-state index in [2.05, 4.69) is 17.4 Å². The molecular weight excluding hydrogens is 286 g/mol. The number of anilines is 1. The van der Waals surface area contributed by atoms with Crippen LogP contribution in [0.25, 0.3) is 10.8 Å². The van der Waals surface area contributed by atoms with Crippen molar-refractivity contribution in [3.8, 4) is 0 Å². The van der Waals surface area contributed by atoms with Gasteiger partial charge in [0.15, 0.2) is 0 Å². The molecule has 2 saturated carbocycles. The van der Waals surface area contributed by atoms with Crippen LogP contribution >= 0.6 is 0 Å². The highest BCUT2D eigenvalue weighted by Gasteiger charge is 2.41. The summed E-state index contributed by atoms with van der Waals surface area (Å²) in [6, 6.07) is 14.1. The van der Waals surface area contributed by atoms with E-state index in [1.807, 2.05) is 30.3 Å². The summed E-state index contributed by atoms with van der Waals surface area (Å²) in [5.74, 6) is 0.704. The summed E-state index contributed by atoms with van der Waals surface area (Å²) < 4.78 is 0. The van der Waals surface area contributed by atoms with Crippen LogP contribution in [0.2, 0.25) is 0 Å². The summed E-state index contributed by atoms with van der Waals surface area (Å²) in [5.41, 5.74) is 0.843. The molecule has 0 heterocycles. The van der Waals surface area contributed by atoms with Crippen LogP contribution in [0, 0.1) is 17.8 Å². The summed E-state index contributed by atoms with van der Waals surface area (Å²) in [6.07, 6.45) is 4.54. The zero-order chi connectivity index (χ0) is 15.8. The topological polar surface area (TPSA) is 46.2 Å². The molecular formula is C20H21NO2. The third-order valence-corrected chi connectivity index (χ3v) is 5.44. The number of carbonyl (C=O) groups excluding carboxylic acids is 2. The number of benzene rings is 2. The van der Waals surface area contributed by atoms with Crippen LogP contribution in [-0.4, -0.2) is 11.7 Å². The first-order valence-corrected chi connectivity index (χ1v) is 8.54. The van der Waals surface area contributed by atoms with Crippen LogP contribution in [0.5, 0.6) is 0 Å². The van der Waals surface area contributed by atoms with E-state index >= 15 is 0 Å². The van der Waals surface area contributed by atoms with Crippen molar-refractivity contribution in [1.29, 1.82) is 0 Å². The summed E-state index contributed by atoms with van der Waals surface area (Å²) in [7, 11) is 0. The van der Waals surface area contributed by atoms with Gasteiger partial charge in [-0.15, -0.1) is 0 Å². The Morgan fingerprint density at radius 2 is 1.65 bits per heavy atom. The summed E-state index contributed by atoms with van der Waals surface area (Å²) in [5, 5.41) is 5.35. The number of hydrogen-bond acceptors (Lipinski definition) is 2. The van der Waals surface area contributed by atoms with Crippen LogP contribution in [0.3, 0.4) is 0 Å². The maximum absolute atomic E-state index is 12.6. The van der Waals surface area contributed by atoms with Gasteiger partial charge in [-0.2, -0.15) is 0 Å². The number of Topliss-reactive ketones (excluding diaryl/α,β-unsaturated/α-hetero) is 1. The largest absolute Gasteiger partial charge is 0.326 e. The second-order valence-corrected chi connectivity index (χ2v) is 6.95. The maximum atomic E-state index is 12.6. The van der Waals surface area contributed by atoms with Crippen molar-refractivity contribution >= 4 is 28.2 Å². The van der Waals surface area contributed by atoms with Crippen molar-refractivity contribution in [2.24, 2.45) is 17.8 Å². The minimum Gasteiger partial charge on any atom is -0.326 e. The first kappa shape index (κ1) is 14.4. The number of ketones is 1. The predicted octanol–water partition coefficient (Wildman–Crippen LogP) is 4.17. The molecule has 0 aliphatic heterocycles. The minimum atomic E-state index is -0.0190. The molecule has 2 aromatic rings. The molecule has 23 heavy (non-hydrogen) atoms. The van der Waals surface area contributed by atoms with Crippen molar-refractivity contribution in [1.82, 2.24) is 0 Å². The van der Waals surface area contributed by atoms with Gasteiger partial charge in [-0.3, -0.25) is 9.59 Å². The van der Waals surface area contributed by atoms with Gasteiger partial charge in [0.2, 0.25) is 5.91 Å². The standard InChI is InChI=1S/C20H21NO2/c22-19-15-6-3-7-16(19)11-17(10-15)20(23)21-18-9-8-13-4-1-2-5-14(13)12-18/h1-2,4-5,8-9,12,15-17H,3,6-7,10-11H2,(H,21,23). The molecule has 1 amide bonds. The minimum absolute atomic E-state index is 0.0190. The van der Waals surface area contributed by atoms with Gasteiger partial charge in [0.25, 0.3) is 0 Å². The Balaban J connectivity index is 1.49. The van der Waals surface area contributed by atoms with E-state index in [0.29, 0.717) is 5.78 Å². The number of nitrogens with one attached hydrogen (secondary N) is 1. The quantitative estimate of drug-likeness (QED) is 0.905. The number of hydrogen-bond donors (Lipinski definition) is 1. The van der Waals surface area contributed by atoms with E-state index in [4.69, 9.17) is 0 Å². The van der Waals surface area contributed by atoms with Gasteiger partial charge in [-0.05, 0) is 48.6 Å². The molecule has 3 nitrogen and oxygen atoms in total. The zero-order valence-electron chi connectivity index (χ0n) is 13.1. The Labute approximate surface area is 136 Å². The highest BCUT2D eigenvalue weighted by atomic mass is 16.2. The van der Waals surface area contributed by atoms with Gasteiger partial charge < -0.3 is 5.32 Å². The third-order valence-electron chi connectivity index (χ3n) is 5.44. The highest BCUT2D eigenvalue weighted by Crippen LogP contribution is 2.40. The van der Waals surface area contributed by atoms with Gasteiger partial charge in [-0.25, -0.2) is 0 Å². The summed E-state index contributed by atoms with van der Waals surface area (Å²) >= 11 is 0. The summed E-state index contributed by atoms with van der Waals surface area (Å²) in [4.78, 5) is 24.8. The van der Waals surface area contributed by atoms with E-state index < -0.39 is 0 Å². The maximum Gasteiger partial charge on any atom is 0.227 e. The Morgan fingerprint density at radius 3 is 2.39 bits per heavy atom. The molecule has 0 aromatic heterocycles. The van der Waals surface area contributed by atoms with Crippen LogP contribution in [0.15, 0.2) is 42.5 Å². The second kappa shape index (κ2) is 5.80. The summed E-state index contributed by atoms with van der Waals surface area (Å²) in [6.45, 7) is 0. The van der Waals surface area contributed by atoms with E-state index in [1.54, 1.807) is 0 Å². The Hall–Kier alpha value is -2.16. The average Bonchev–Trinajstić information content (AvgIpc) is 2.54. The van der Waals surface area contributed by atoms with Crippen molar-refractivity contribution in [3.63, 3.8) is 0 Å². The first-order valence-electron chi connectivity index (χ1n) is 8.54. The third kappa shape index (κ3) is 2.76. The number of fused-ring (bicyclic) bond motifs is 3. The molecule has 2 unspecified atom stereocenters. The molecule has 2 aromatic carbocycles. The van der Waals surface area contributed by atoms with E-state index in [1.165, 1.54) is 5.39 Å². The van der Waals surface area contributed by atoms with Crippen molar-refractivity contribution < 1.29 is 9.59 Å². The van der Waals surface area contributed by atoms with Gasteiger partial charge in [-0.1, -0.05) is 36.8 Å². The van der Waals surface area contributed by atoms with Crippen molar-refractivity contribution in [2.45, 2.75) is 32.1 Å². The lowest BCUT2D eigenvalue weighted by Gasteiger charge is -2.36. The molecule has 2 aliphatic rings. The highest BCUT2D eigenvalue weighted by molar-refractivity contribution is 5.97. The van der Waals surface area contributed by atoms with Crippen LogP contribution in [-0.2, 0) is 9.59 Å². The van der Waals surface area contributed by atoms with E-state index in [-0.39, 0.29) is 23.7 Å². The molecule has 0 radical (unpaired) electrons. The molecule has 4 rings (SSSR count). The second-order valence-electron chi connectivity index (χ2n) is 6.95. The lowest BCUT2D eigenvalue weighted by Crippen LogP contribution is -2.40. The molecule has 0 spiro atoms. The zero-order valence-corrected chi connectivity index (χ0v) is 13.1. The number of amides is 1. The van der Waals surface area contributed by atoms with E-state index in [9.17, 15) is 9.59 Å². The van der Waals surface area contributed by atoms with Gasteiger partial charge >= 0.3 is 0 Å². The average molecular weight is 307 g/mol. The Morgan fingerprint density at radius 1 is 0.957 bits per heavy atom. The fourth-order valence-corrected chi connectivity index (χ4v) is 4.21. The van der Waals surface area contributed by atoms with E-state index in [0.717, 1.165) is 43.2 Å². The molecule has 2 aliphatic carbocycles. The molecule has 2 bridgehead atoms. The Bertz CT molecular complexity index is 751. The van der Waals surface area contributed by atoms with Crippen molar-refractivity contribution in [3.05, 3.63) is 42.5 Å². The van der Waals surface area contributed by atoms with Crippen LogP contribution in [0.4, 0.5) is 5.69 Å².